The maximum atomic E-state index is 14.5. The van der Waals surface area contributed by atoms with Crippen molar-refractivity contribution in [1.29, 1.82) is 0 Å². The van der Waals surface area contributed by atoms with Gasteiger partial charge in [0.05, 0.1) is 12.1 Å². The molecule has 7 heteroatoms. The fourth-order valence-electron chi connectivity index (χ4n) is 3.23. The van der Waals surface area contributed by atoms with Crippen molar-refractivity contribution in [2.45, 2.75) is 20.0 Å². The summed E-state index contributed by atoms with van der Waals surface area (Å²) < 4.78 is 17.8. The molecular formula is C21H20FN5O. The van der Waals surface area contributed by atoms with Crippen molar-refractivity contribution in [2.75, 3.05) is 5.32 Å². The molecule has 142 valence electrons. The lowest BCUT2D eigenvalue weighted by molar-refractivity contribution is 0.596. The number of benzene rings is 2. The van der Waals surface area contributed by atoms with Gasteiger partial charge in [0.1, 0.15) is 11.3 Å². The van der Waals surface area contributed by atoms with Crippen molar-refractivity contribution in [3.05, 3.63) is 87.6 Å². The molecule has 6 nitrogen and oxygen atoms in total. The van der Waals surface area contributed by atoms with E-state index in [2.05, 4.69) is 15.6 Å². The first kappa shape index (κ1) is 17.9. The van der Waals surface area contributed by atoms with Gasteiger partial charge in [-0.3, -0.25) is 4.79 Å². The Kier molecular flexibility index (Phi) is 4.65. The molecule has 0 amide bonds. The van der Waals surface area contributed by atoms with Crippen LogP contribution in [0.4, 0.5) is 10.1 Å². The number of fused-ring (bicyclic) bond motifs is 1. The van der Waals surface area contributed by atoms with Gasteiger partial charge in [0, 0.05) is 36.6 Å². The van der Waals surface area contributed by atoms with Crippen LogP contribution in [0.25, 0.3) is 11.0 Å². The Labute approximate surface area is 161 Å². The number of nitrogens with zero attached hydrogens (tertiary/aromatic N) is 4. The van der Waals surface area contributed by atoms with E-state index in [0.29, 0.717) is 23.4 Å². The summed E-state index contributed by atoms with van der Waals surface area (Å²) in [6.07, 6.45) is 1.67. The second-order valence-electron chi connectivity index (χ2n) is 6.78. The van der Waals surface area contributed by atoms with Crippen LogP contribution in [0, 0.1) is 12.7 Å². The minimum atomic E-state index is -0.345. The Bertz CT molecular complexity index is 1210. The van der Waals surface area contributed by atoms with E-state index in [1.807, 2.05) is 31.3 Å². The molecule has 0 aliphatic carbocycles. The molecule has 0 saturated carbocycles. The van der Waals surface area contributed by atoms with Gasteiger partial charge in [-0.1, -0.05) is 23.4 Å². The summed E-state index contributed by atoms with van der Waals surface area (Å²) in [5.41, 5.74) is 4.40. The number of halogens is 1. The summed E-state index contributed by atoms with van der Waals surface area (Å²) in [7, 11) is 1.85. The van der Waals surface area contributed by atoms with Crippen molar-refractivity contribution in [3.8, 4) is 0 Å². The van der Waals surface area contributed by atoms with Crippen LogP contribution in [-0.4, -0.2) is 19.6 Å². The first-order chi connectivity index (χ1) is 13.5. The van der Waals surface area contributed by atoms with Gasteiger partial charge in [-0.2, -0.15) is 0 Å². The van der Waals surface area contributed by atoms with E-state index >= 15 is 0 Å². The second kappa shape index (κ2) is 7.26. The molecule has 0 unspecified atom stereocenters. The number of pyridine rings is 1. The van der Waals surface area contributed by atoms with Crippen LogP contribution in [0.5, 0.6) is 0 Å². The molecule has 2 aromatic heterocycles. The zero-order valence-corrected chi connectivity index (χ0v) is 15.7. The van der Waals surface area contributed by atoms with E-state index in [-0.39, 0.29) is 17.9 Å². The Morgan fingerprint density at radius 1 is 1.14 bits per heavy atom. The molecule has 1 N–H and O–H groups in total. The highest BCUT2D eigenvalue weighted by molar-refractivity contribution is 5.75. The first-order valence-electron chi connectivity index (χ1n) is 8.98. The van der Waals surface area contributed by atoms with E-state index in [1.165, 1.54) is 10.6 Å². The third kappa shape index (κ3) is 3.38. The number of rotatable bonds is 5. The highest BCUT2D eigenvalue weighted by atomic mass is 19.1. The summed E-state index contributed by atoms with van der Waals surface area (Å²) in [5, 5.41) is 11.4. The third-order valence-electron chi connectivity index (χ3n) is 4.82. The maximum absolute atomic E-state index is 14.5. The maximum Gasteiger partial charge on any atom is 0.253 e. The molecule has 0 bridgehead atoms. The van der Waals surface area contributed by atoms with Gasteiger partial charge < -0.3 is 9.88 Å². The van der Waals surface area contributed by atoms with Crippen LogP contribution in [-0.2, 0) is 20.1 Å². The summed E-state index contributed by atoms with van der Waals surface area (Å²) in [6.45, 7) is 2.42. The molecule has 0 spiro atoms. The average Bonchev–Trinajstić information content (AvgIpc) is 3.06. The molecule has 0 aliphatic rings. The number of aromatic nitrogens is 4. The molecule has 2 aromatic carbocycles. The normalized spacial score (nSPS) is 11.1. The summed E-state index contributed by atoms with van der Waals surface area (Å²) in [6, 6.07) is 14.3. The second-order valence-corrected chi connectivity index (χ2v) is 6.78. The first-order valence-corrected chi connectivity index (χ1v) is 8.98. The topological polar surface area (TPSA) is 64.7 Å². The number of aryl methyl sites for hydroxylation is 2. The van der Waals surface area contributed by atoms with Crippen LogP contribution in [0.1, 0.15) is 16.7 Å². The molecule has 2 heterocycles. The van der Waals surface area contributed by atoms with Crippen LogP contribution >= 0.6 is 0 Å². The Morgan fingerprint density at radius 3 is 2.86 bits per heavy atom. The minimum absolute atomic E-state index is 0.121. The van der Waals surface area contributed by atoms with Gasteiger partial charge in [-0.05, 0) is 42.8 Å². The quantitative estimate of drug-likeness (QED) is 0.580. The molecule has 0 aliphatic heterocycles. The largest absolute Gasteiger partial charge is 0.381 e. The fourth-order valence-corrected chi connectivity index (χ4v) is 3.23. The molecule has 4 aromatic rings. The SMILES string of the molecule is Cc1cccn(Cc2c(F)cccc2NCc2ccc3c(c2)nnn3C)c1=O. The van der Waals surface area contributed by atoms with Gasteiger partial charge in [0.25, 0.3) is 5.56 Å². The number of hydrogen-bond acceptors (Lipinski definition) is 4. The number of nitrogens with one attached hydrogen (secondary N) is 1. The highest BCUT2D eigenvalue weighted by Crippen LogP contribution is 2.21. The molecule has 0 atom stereocenters. The minimum Gasteiger partial charge on any atom is -0.381 e. The Balaban J connectivity index is 1.60. The van der Waals surface area contributed by atoms with Crippen molar-refractivity contribution >= 4 is 16.7 Å². The van der Waals surface area contributed by atoms with Crippen LogP contribution < -0.4 is 10.9 Å². The highest BCUT2D eigenvalue weighted by Gasteiger charge is 2.11. The van der Waals surface area contributed by atoms with E-state index in [0.717, 1.165) is 16.6 Å². The lowest BCUT2D eigenvalue weighted by Gasteiger charge is -2.15. The van der Waals surface area contributed by atoms with Crippen molar-refractivity contribution < 1.29 is 4.39 Å². The van der Waals surface area contributed by atoms with Crippen LogP contribution in [0.3, 0.4) is 0 Å². The zero-order chi connectivity index (χ0) is 19.7. The summed E-state index contributed by atoms with van der Waals surface area (Å²) >= 11 is 0. The molecule has 0 fully saturated rings. The van der Waals surface area contributed by atoms with Gasteiger partial charge >= 0.3 is 0 Å². The molecule has 28 heavy (non-hydrogen) atoms. The van der Waals surface area contributed by atoms with Crippen LogP contribution in [0.2, 0.25) is 0 Å². The number of anilines is 1. The van der Waals surface area contributed by atoms with E-state index < -0.39 is 0 Å². The fraction of sp³-hybridized carbons (Fsp3) is 0.190. The summed E-state index contributed by atoms with van der Waals surface area (Å²) in [5.74, 6) is -0.345. The third-order valence-corrected chi connectivity index (χ3v) is 4.82. The van der Waals surface area contributed by atoms with E-state index in [1.54, 1.807) is 36.0 Å². The lowest BCUT2D eigenvalue weighted by Crippen LogP contribution is -2.22. The van der Waals surface area contributed by atoms with Gasteiger partial charge in [-0.25, -0.2) is 9.07 Å². The zero-order valence-electron chi connectivity index (χ0n) is 15.7. The molecule has 0 radical (unpaired) electrons. The van der Waals surface area contributed by atoms with Gasteiger partial charge in [0.2, 0.25) is 0 Å². The molecule has 4 rings (SSSR count). The van der Waals surface area contributed by atoms with Gasteiger partial charge in [0.15, 0.2) is 0 Å². The lowest BCUT2D eigenvalue weighted by atomic mass is 10.1. The van der Waals surface area contributed by atoms with Gasteiger partial charge in [-0.15, -0.1) is 5.10 Å². The van der Waals surface area contributed by atoms with Crippen molar-refractivity contribution in [1.82, 2.24) is 19.6 Å². The smallest absolute Gasteiger partial charge is 0.253 e. The number of hydrogen-bond donors (Lipinski definition) is 1. The monoisotopic (exact) mass is 377 g/mol. The summed E-state index contributed by atoms with van der Waals surface area (Å²) in [4.78, 5) is 12.3. The Hall–Kier alpha value is -3.48. The Morgan fingerprint density at radius 2 is 2.00 bits per heavy atom. The molecule has 0 saturated heterocycles. The van der Waals surface area contributed by atoms with E-state index in [9.17, 15) is 9.18 Å². The van der Waals surface area contributed by atoms with Crippen molar-refractivity contribution in [3.63, 3.8) is 0 Å². The standard InChI is InChI=1S/C21H20FN5O/c1-14-5-4-10-27(21(14)28)13-16-17(22)6-3-7-18(16)23-12-15-8-9-20-19(11-15)24-25-26(20)2/h3-11,23H,12-13H2,1-2H3. The average molecular weight is 377 g/mol. The molecular weight excluding hydrogens is 357 g/mol. The van der Waals surface area contributed by atoms with Crippen LogP contribution in [0.15, 0.2) is 59.5 Å². The van der Waals surface area contributed by atoms with Crippen molar-refractivity contribution in [2.24, 2.45) is 7.05 Å². The predicted molar refractivity (Wildman–Crippen MR) is 107 cm³/mol. The van der Waals surface area contributed by atoms with E-state index in [4.69, 9.17) is 0 Å². The predicted octanol–water partition coefficient (Wildman–Crippen LogP) is 3.24.